The third-order valence-corrected chi connectivity index (χ3v) is 5.73. The SMILES string of the molecule is CC1(c2ccccc2)NC(=O)N(CC(=O)Nc2nc3n(c2C#N)CCS3)C1=O. The van der Waals surface area contributed by atoms with E-state index in [2.05, 4.69) is 15.6 Å². The van der Waals surface area contributed by atoms with Crippen LogP contribution in [0.3, 0.4) is 0 Å². The highest BCUT2D eigenvalue weighted by Gasteiger charge is 2.49. The Bertz CT molecular complexity index is 1030. The average molecular weight is 396 g/mol. The minimum absolute atomic E-state index is 0.146. The molecule has 2 aliphatic heterocycles. The number of aromatic nitrogens is 2. The lowest BCUT2D eigenvalue weighted by molar-refractivity contribution is -0.133. The van der Waals surface area contributed by atoms with Gasteiger partial charge < -0.3 is 15.2 Å². The number of hydrogen-bond donors (Lipinski definition) is 2. The molecule has 9 nitrogen and oxygen atoms in total. The molecule has 142 valence electrons. The van der Waals surface area contributed by atoms with E-state index in [1.54, 1.807) is 35.8 Å². The summed E-state index contributed by atoms with van der Waals surface area (Å²) in [7, 11) is 0. The van der Waals surface area contributed by atoms with Gasteiger partial charge in [0.15, 0.2) is 16.7 Å². The van der Waals surface area contributed by atoms with E-state index in [1.165, 1.54) is 11.8 Å². The molecule has 0 spiro atoms. The lowest BCUT2D eigenvalue weighted by Crippen LogP contribution is -2.42. The Labute approximate surface area is 164 Å². The number of rotatable bonds is 4. The van der Waals surface area contributed by atoms with E-state index >= 15 is 0 Å². The largest absolute Gasteiger partial charge is 0.325 e. The quantitative estimate of drug-likeness (QED) is 0.751. The zero-order valence-corrected chi connectivity index (χ0v) is 15.7. The molecule has 2 aromatic rings. The minimum Gasteiger partial charge on any atom is -0.319 e. The Morgan fingerprint density at radius 2 is 2.14 bits per heavy atom. The number of benzene rings is 1. The molecule has 1 saturated heterocycles. The standard InChI is InChI=1S/C18H16N6O3S/c1-18(11-5-3-2-4-6-11)15(26)24(16(27)22-18)10-13(25)20-14-12(9-19)23-7-8-28-17(23)21-14/h2-6H,7-8,10H2,1H3,(H,20,25)(H,22,27). The Morgan fingerprint density at radius 1 is 1.39 bits per heavy atom. The number of carbonyl (C=O) groups is 3. The molecular formula is C18H16N6O3S. The Kier molecular flexibility index (Phi) is 4.31. The van der Waals surface area contributed by atoms with E-state index < -0.39 is 29.9 Å². The van der Waals surface area contributed by atoms with Crippen LogP contribution in [-0.4, -0.2) is 44.6 Å². The molecule has 1 fully saturated rings. The summed E-state index contributed by atoms with van der Waals surface area (Å²) in [4.78, 5) is 42.8. The average Bonchev–Trinajstić information content (AvgIpc) is 3.31. The lowest BCUT2D eigenvalue weighted by Gasteiger charge is -2.22. The second-order valence-corrected chi connectivity index (χ2v) is 7.63. The van der Waals surface area contributed by atoms with Crippen molar-refractivity contribution in [3.05, 3.63) is 41.6 Å². The third-order valence-electron chi connectivity index (χ3n) is 4.77. The number of carbonyl (C=O) groups excluding carboxylic acids is 3. The van der Waals surface area contributed by atoms with Gasteiger partial charge in [0.1, 0.15) is 18.2 Å². The van der Waals surface area contributed by atoms with Gasteiger partial charge in [-0.25, -0.2) is 9.78 Å². The van der Waals surface area contributed by atoms with E-state index in [4.69, 9.17) is 0 Å². The van der Waals surface area contributed by atoms with Crippen molar-refractivity contribution in [2.24, 2.45) is 0 Å². The number of imidazole rings is 1. The van der Waals surface area contributed by atoms with Gasteiger partial charge in [-0.05, 0) is 12.5 Å². The fourth-order valence-corrected chi connectivity index (χ4v) is 4.25. The number of nitrogens with one attached hydrogen (secondary N) is 2. The van der Waals surface area contributed by atoms with Gasteiger partial charge in [-0.3, -0.25) is 14.5 Å². The van der Waals surface area contributed by atoms with E-state index in [1.807, 2.05) is 12.1 Å². The maximum Gasteiger partial charge on any atom is 0.325 e. The first-order valence-electron chi connectivity index (χ1n) is 8.57. The van der Waals surface area contributed by atoms with Gasteiger partial charge in [0.2, 0.25) is 5.91 Å². The van der Waals surface area contributed by atoms with E-state index in [0.717, 1.165) is 10.7 Å². The maximum atomic E-state index is 12.9. The molecule has 1 aromatic heterocycles. The summed E-state index contributed by atoms with van der Waals surface area (Å²) < 4.78 is 1.74. The smallest absolute Gasteiger partial charge is 0.319 e. The summed E-state index contributed by atoms with van der Waals surface area (Å²) >= 11 is 1.50. The zero-order chi connectivity index (χ0) is 19.9. The third kappa shape index (κ3) is 2.80. The fourth-order valence-electron chi connectivity index (χ4n) is 3.30. The molecule has 0 bridgehead atoms. The molecular weight excluding hydrogens is 380 g/mol. The topological polar surface area (TPSA) is 120 Å². The number of nitrogens with zero attached hydrogens (tertiary/aromatic N) is 4. The van der Waals surface area contributed by atoms with Crippen LogP contribution >= 0.6 is 11.8 Å². The predicted molar refractivity (Wildman–Crippen MR) is 100 cm³/mol. The van der Waals surface area contributed by atoms with E-state index in [0.29, 0.717) is 17.3 Å². The number of anilines is 1. The van der Waals surface area contributed by atoms with Crippen LogP contribution in [-0.2, 0) is 21.7 Å². The lowest BCUT2D eigenvalue weighted by atomic mass is 9.92. The van der Waals surface area contributed by atoms with Crippen LogP contribution in [0.2, 0.25) is 0 Å². The summed E-state index contributed by atoms with van der Waals surface area (Å²) in [6.45, 7) is 1.78. The van der Waals surface area contributed by atoms with Crippen LogP contribution in [0.25, 0.3) is 0 Å². The van der Waals surface area contributed by atoms with Gasteiger partial charge in [0, 0.05) is 12.3 Å². The highest BCUT2D eigenvalue weighted by atomic mass is 32.2. The van der Waals surface area contributed by atoms with Crippen molar-refractivity contribution in [1.82, 2.24) is 19.8 Å². The fraction of sp³-hybridized carbons (Fsp3) is 0.278. The van der Waals surface area contributed by atoms with Crippen LogP contribution in [0.5, 0.6) is 0 Å². The minimum atomic E-state index is -1.23. The summed E-state index contributed by atoms with van der Waals surface area (Å²) in [6.07, 6.45) is 0. The van der Waals surface area contributed by atoms with Crippen LogP contribution in [0.4, 0.5) is 10.6 Å². The van der Waals surface area contributed by atoms with Gasteiger partial charge in [-0.15, -0.1) is 0 Å². The van der Waals surface area contributed by atoms with Crippen LogP contribution in [0.1, 0.15) is 18.2 Å². The summed E-state index contributed by atoms with van der Waals surface area (Å²) in [5.41, 5.74) is -0.340. The first kappa shape index (κ1) is 18.1. The molecule has 0 radical (unpaired) electrons. The van der Waals surface area contributed by atoms with Crippen molar-refractivity contribution in [1.29, 1.82) is 5.26 Å². The second kappa shape index (κ2) is 6.69. The normalized spacial score (nSPS) is 20.6. The van der Waals surface area contributed by atoms with Crippen molar-refractivity contribution < 1.29 is 14.4 Å². The van der Waals surface area contributed by atoms with Gasteiger partial charge >= 0.3 is 6.03 Å². The monoisotopic (exact) mass is 396 g/mol. The molecule has 0 aliphatic carbocycles. The molecule has 4 amide bonds. The number of hydrogen-bond acceptors (Lipinski definition) is 6. The van der Waals surface area contributed by atoms with Crippen LogP contribution in [0.15, 0.2) is 35.5 Å². The van der Waals surface area contributed by atoms with E-state index in [-0.39, 0.29) is 11.5 Å². The Morgan fingerprint density at radius 3 is 2.86 bits per heavy atom. The van der Waals surface area contributed by atoms with Gasteiger partial charge in [-0.1, -0.05) is 42.1 Å². The molecule has 1 atom stereocenters. The van der Waals surface area contributed by atoms with Crippen molar-refractivity contribution >= 4 is 35.4 Å². The molecule has 4 rings (SSSR count). The van der Waals surface area contributed by atoms with Gasteiger partial charge in [-0.2, -0.15) is 5.26 Å². The second-order valence-electron chi connectivity index (χ2n) is 6.56. The van der Waals surface area contributed by atoms with Crippen LogP contribution in [0, 0.1) is 11.3 Å². The first-order valence-corrected chi connectivity index (χ1v) is 9.55. The first-order chi connectivity index (χ1) is 13.4. The number of urea groups is 1. The van der Waals surface area contributed by atoms with Crippen molar-refractivity contribution in [2.45, 2.75) is 24.2 Å². The van der Waals surface area contributed by atoms with Crippen molar-refractivity contribution in [3.8, 4) is 6.07 Å². The number of fused-ring (bicyclic) bond motifs is 1. The van der Waals surface area contributed by atoms with Gasteiger partial charge in [0.05, 0.1) is 0 Å². The molecule has 2 aliphatic rings. The van der Waals surface area contributed by atoms with Crippen molar-refractivity contribution in [3.63, 3.8) is 0 Å². The number of nitriles is 1. The molecule has 1 aromatic carbocycles. The zero-order valence-electron chi connectivity index (χ0n) is 14.9. The Hall–Kier alpha value is -3.32. The van der Waals surface area contributed by atoms with Crippen molar-refractivity contribution in [2.75, 3.05) is 17.6 Å². The molecule has 10 heteroatoms. The van der Waals surface area contributed by atoms with Crippen LogP contribution < -0.4 is 10.6 Å². The molecule has 28 heavy (non-hydrogen) atoms. The summed E-state index contributed by atoms with van der Waals surface area (Å²) in [5.74, 6) is -0.139. The maximum absolute atomic E-state index is 12.9. The predicted octanol–water partition coefficient (Wildman–Crippen LogP) is 1.27. The Balaban J connectivity index is 1.51. The molecule has 2 N–H and O–H groups in total. The number of amides is 4. The van der Waals surface area contributed by atoms with E-state index in [9.17, 15) is 19.6 Å². The van der Waals surface area contributed by atoms with Gasteiger partial charge in [0.25, 0.3) is 5.91 Å². The highest BCUT2D eigenvalue weighted by Crippen LogP contribution is 2.31. The summed E-state index contributed by atoms with van der Waals surface area (Å²) in [6, 6.07) is 10.2. The molecule has 1 unspecified atom stereocenters. The summed E-state index contributed by atoms with van der Waals surface area (Å²) in [5, 5.41) is 15.2. The molecule has 0 saturated carbocycles. The number of thioether (sulfide) groups is 1. The highest BCUT2D eigenvalue weighted by molar-refractivity contribution is 7.99. The number of imide groups is 1. The molecule has 3 heterocycles.